The van der Waals surface area contributed by atoms with Gasteiger partial charge in [0.05, 0.1) is 0 Å². The topological polar surface area (TPSA) is 75.8 Å². The SMILES string of the molecule is O=[N+]([O-])OC1CCN(O)CC1. The summed E-state index contributed by atoms with van der Waals surface area (Å²) < 4.78 is 0. The third-order valence-electron chi connectivity index (χ3n) is 1.65. The Labute approximate surface area is 63.4 Å². The maximum atomic E-state index is 9.86. The maximum absolute atomic E-state index is 9.86. The van der Waals surface area contributed by atoms with Gasteiger partial charge in [0.1, 0.15) is 6.10 Å². The van der Waals surface area contributed by atoms with Crippen LogP contribution in [0.3, 0.4) is 0 Å². The molecule has 6 nitrogen and oxygen atoms in total. The molecule has 0 radical (unpaired) electrons. The van der Waals surface area contributed by atoms with Gasteiger partial charge < -0.3 is 10.0 Å². The van der Waals surface area contributed by atoms with Crippen molar-refractivity contribution in [2.45, 2.75) is 18.9 Å². The van der Waals surface area contributed by atoms with Crippen molar-refractivity contribution < 1.29 is 15.1 Å². The molecular weight excluding hydrogens is 152 g/mol. The van der Waals surface area contributed by atoms with Gasteiger partial charge in [-0.1, -0.05) is 0 Å². The molecule has 6 heteroatoms. The molecule has 1 rings (SSSR count). The lowest BCUT2D eigenvalue weighted by Crippen LogP contribution is -2.35. The zero-order valence-electron chi connectivity index (χ0n) is 5.97. The molecule has 1 saturated heterocycles. The van der Waals surface area contributed by atoms with Gasteiger partial charge in [0.2, 0.25) is 0 Å². The molecule has 1 aliphatic rings. The van der Waals surface area contributed by atoms with Crippen LogP contribution in [0.4, 0.5) is 0 Å². The van der Waals surface area contributed by atoms with Crippen LogP contribution in [-0.2, 0) is 4.84 Å². The van der Waals surface area contributed by atoms with E-state index in [1.807, 2.05) is 0 Å². The highest BCUT2D eigenvalue weighted by molar-refractivity contribution is 4.65. The van der Waals surface area contributed by atoms with Gasteiger partial charge in [-0.3, -0.25) is 0 Å². The first kappa shape index (κ1) is 8.22. The molecule has 0 amide bonds. The van der Waals surface area contributed by atoms with Crippen LogP contribution in [0.15, 0.2) is 0 Å². The van der Waals surface area contributed by atoms with E-state index in [4.69, 9.17) is 5.21 Å². The lowest BCUT2D eigenvalue weighted by Gasteiger charge is -2.25. The highest BCUT2D eigenvalue weighted by atomic mass is 17.0. The average Bonchev–Trinajstić information content (AvgIpc) is 1.93. The molecule has 64 valence electrons. The fourth-order valence-corrected chi connectivity index (χ4v) is 1.07. The molecule has 0 saturated carbocycles. The van der Waals surface area contributed by atoms with Gasteiger partial charge in [0, 0.05) is 13.1 Å². The Hall–Kier alpha value is -0.880. The molecule has 1 heterocycles. The van der Waals surface area contributed by atoms with Crippen LogP contribution in [0, 0.1) is 10.1 Å². The van der Waals surface area contributed by atoms with Crippen LogP contribution < -0.4 is 0 Å². The molecule has 0 bridgehead atoms. The van der Waals surface area contributed by atoms with E-state index in [2.05, 4.69) is 4.84 Å². The van der Waals surface area contributed by atoms with Gasteiger partial charge >= 0.3 is 0 Å². The predicted molar refractivity (Wildman–Crippen MR) is 34.5 cm³/mol. The summed E-state index contributed by atoms with van der Waals surface area (Å²) >= 11 is 0. The van der Waals surface area contributed by atoms with Gasteiger partial charge in [0.15, 0.2) is 0 Å². The molecule has 1 fully saturated rings. The number of hydroxylamine groups is 2. The third-order valence-corrected chi connectivity index (χ3v) is 1.65. The second-order valence-corrected chi connectivity index (χ2v) is 2.48. The molecule has 0 spiro atoms. The van der Waals surface area contributed by atoms with Crippen molar-refractivity contribution >= 4 is 0 Å². The van der Waals surface area contributed by atoms with E-state index < -0.39 is 5.09 Å². The number of hydrogen-bond donors (Lipinski definition) is 1. The molecule has 0 aliphatic carbocycles. The summed E-state index contributed by atoms with van der Waals surface area (Å²) in [6.45, 7) is 0.886. The van der Waals surface area contributed by atoms with E-state index in [-0.39, 0.29) is 6.10 Å². The average molecular weight is 162 g/mol. The maximum Gasteiger partial charge on any atom is 0.294 e. The van der Waals surface area contributed by atoms with Gasteiger partial charge in [0.25, 0.3) is 5.09 Å². The van der Waals surface area contributed by atoms with Crippen LogP contribution in [0.25, 0.3) is 0 Å². The fraction of sp³-hybridized carbons (Fsp3) is 1.00. The minimum absolute atomic E-state index is 0.339. The molecular formula is C5H10N2O4. The Morgan fingerprint density at radius 1 is 1.55 bits per heavy atom. The minimum atomic E-state index is -0.780. The van der Waals surface area contributed by atoms with Crippen molar-refractivity contribution in [3.05, 3.63) is 10.1 Å². The Kier molecular flexibility index (Phi) is 2.61. The smallest absolute Gasteiger partial charge is 0.294 e. The molecule has 0 aromatic rings. The summed E-state index contributed by atoms with van der Waals surface area (Å²) in [5, 5.41) is 19.1. The van der Waals surface area contributed by atoms with Crippen molar-refractivity contribution in [1.82, 2.24) is 5.06 Å². The van der Waals surface area contributed by atoms with Crippen molar-refractivity contribution in [2.24, 2.45) is 0 Å². The second kappa shape index (κ2) is 3.49. The first-order chi connectivity index (χ1) is 5.18. The van der Waals surface area contributed by atoms with Gasteiger partial charge in [-0.2, -0.15) is 5.06 Å². The highest BCUT2D eigenvalue weighted by Gasteiger charge is 2.20. The molecule has 0 aromatic carbocycles. The van der Waals surface area contributed by atoms with E-state index in [0.29, 0.717) is 25.9 Å². The quantitative estimate of drug-likeness (QED) is 0.458. The van der Waals surface area contributed by atoms with Crippen molar-refractivity contribution in [3.63, 3.8) is 0 Å². The zero-order chi connectivity index (χ0) is 8.27. The molecule has 0 aromatic heterocycles. The van der Waals surface area contributed by atoms with Crippen LogP contribution in [-0.4, -0.2) is 34.6 Å². The predicted octanol–water partition coefficient (Wildman–Crippen LogP) is 0.0483. The summed E-state index contributed by atoms with van der Waals surface area (Å²) in [6.07, 6.45) is 0.683. The van der Waals surface area contributed by atoms with Crippen LogP contribution >= 0.6 is 0 Å². The zero-order valence-corrected chi connectivity index (χ0v) is 5.97. The lowest BCUT2D eigenvalue weighted by molar-refractivity contribution is -0.769. The van der Waals surface area contributed by atoms with Crippen LogP contribution in [0.2, 0.25) is 0 Å². The summed E-state index contributed by atoms with van der Waals surface area (Å²) in [7, 11) is 0. The molecule has 0 unspecified atom stereocenters. The fourth-order valence-electron chi connectivity index (χ4n) is 1.07. The summed E-state index contributed by atoms with van der Waals surface area (Å²) in [5.74, 6) is 0. The van der Waals surface area contributed by atoms with Gasteiger partial charge in [-0.25, -0.2) is 0 Å². The minimum Gasteiger partial charge on any atom is -0.314 e. The Balaban J connectivity index is 2.22. The van der Waals surface area contributed by atoms with Crippen molar-refractivity contribution in [3.8, 4) is 0 Å². The second-order valence-electron chi connectivity index (χ2n) is 2.48. The molecule has 1 aliphatic heterocycles. The lowest BCUT2D eigenvalue weighted by atomic mass is 10.1. The Morgan fingerprint density at radius 3 is 2.55 bits per heavy atom. The monoisotopic (exact) mass is 162 g/mol. The summed E-state index contributed by atoms with van der Waals surface area (Å²) in [4.78, 5) is 14.2. The summed E-state index contributed by atoms with van der Waals surface area (Å²) in [6, 6.07) is 0. The highest BCUT2D eigenvalue weighted by Crippen LogP contribution is 2.11. The van der Waals surface area contributed by atoms with E-state index in [1.54, 1.807) is 0 Å². The molecule has 1 N–H and O–H groups in total. The molecule has 0 atom stereocenters. The van der Waals surface area contributed by atoms with Crippen molar-refractivity contribution in [1.29, 1.82) is 0 Å². The van der Waals surface area contributed by atoms with Crippen LogP contribution in [0.1, 0.15) is 12.8 Å². The largest absolute Gasteiger partial charge is 0.314 e. The van der Waals surface area contributed by atoms with E-state index in [0.717, 1.165) is 5.06 Å². The van der Waals surface area contributed by atoms with E-state index in [1.165, 1.54) is 0 Å². The molecule has 11 heavy (non-hydrogen) atoms. The summed E-state index contributed by atoms with van der Waals surface area (Å²) in [5.41, 5.74) is 0. The Morgan fingerprint density at radius 2 is 2.09 bits per heavy atom. The number of nitrogens with zero attached hydrogens (tertiary/aromatic N) is 2. The van der Waals surface area contributed by atoms with Gasteiger partial charge in [-0.15, -0.1) is 10.1 Å². The normalized spacial score (nSPS) is 21.5. The number of piperidine rings is 1. The van der Waals surface area contributed by atoms with E-state index in [9.17, 15) is 10.1 Å². The van der Waals surface area contributed by atoms with Crippen molar-refractivity contribution in [2.75, 3.05) is 13.1 Å². The van der Waals surface area contributed by atoms with E-state index >= 15 is 0 Å². The van der Waals surface area contributed by atoms with Crippen LogP contribution in [0.5, 0.6) is 0 Å². The van der Waals surface area contributed by atoms with Gasteiger partial charge in [-0.05, 0) is 12.8 Å². The third kappa shape index (κ3) is 2.69. The standard InChI is InChI=1S/C5H10N2O4/c8-6-3-1-5(2-4-6)11-7(9)10/h5,8H,1-4H2. The first-order valence-electron chi connectivity index (χ1n) is 3.43. The number of hydrogen-bond acceptors (Lipinski definition) is 5. The Bertz CT molecular complexity index is 143. The number of rotatable bonds is 2. The first-order valence-corrected chi connectivity index (χ1v) is 3.43.